The number of rotatable bonds is 7. The molecule has 0 aliphatic heterocycles. The van der Waals surface area contributed by atoms with Gasteiger partial charge in [0.25, 0.3) is 5.91 Å². The number of nitrogens with one attached hydrogen (secondary N) is 1. The minimum absolute atomic E-state index is 0.0852. The molecule has 0 saturated carbocycles. The second kappa shape index (κ2) is 9.28. The lowest BCUT2D eigenvalue weighted by molar-refractivity contribution is -0.139. The normalized spacial score (nSPS) is 11.4. The van der Waals surface area contributed by atoms with Crippen molar-refractivity contribution < 1.29 is 19.1 Å². The van der Waals surface area contributed by atoms with Crippen LogP contribution in [-0.2, 0) is 9.59 Å². The Hall–Kier alpha value is -2.73. The lowest BCUT2D eigenvalue weighted by Crippen LogP contribution is -2.42. The highest BCUT2D eigenvalue weighted by atomic mass is 35.5. The van der Waals surface area contributed by atoms with Gasteiger partial charge in [-0.05, 0) is 61.9 Å². The number of ether oxygens (including phenoxy) is 2. The van der Waals surface area contributed by atoms with Crippen LogP contribution in [-0.4, -0.2) is 43.5 Å². The third kappa shape index (κ3) is 5.89. The quantitative estimate of drug-likeness (QED) is 0.785. The van der Waals surface area contributed by atoms with Crippen molar-refractivity contribution in [2.45, 2.75) is 20.0 Å². The topological polar surface area (TPSA) is 67.9 Å². The van der Waals surface area contributed by atoms with E-state index in [-0.39, 0.29) is 18.4 Å². The Kier molecular flexibility index (Phi) is 7.07. The number of carbonyl (C=O) groups excluding carboxylic acids is 2. The average molecular weight is 391 g/mol. The lowest BCUT2D eigenvalue weighted by atomic mass is 10.2. The largest absolute Gasteiger partial charge is 0.497 e. The van der Waals surface area contributed by atoms with Crippen molar-refractivity contribution in [3.05, 3.63) is 53.1 Å². The minimum atomic E-state index is -0.733. The summed E-state index contributed by atoms with van der Waals surface area (Å²) < 4.78 is 10.8. The number of methoxy groups -OCH3 is 1. The van der Waals surface area contributed by atoms with Gasteiger partial charge in [0.05, 0.1) is 13.7 Å². The maximum Gasteiger partial charge on any atom is 0.263 e. The monoisotopic (exact) mass is 390 g/mol. The molecule has 0 aromatic heterocycles. The van der Waals surface area contributed by atoms with Gasteiger partial charge in [-0.1, -0.05) is 11.6 Å². The molecule has 1 unspecified atom stereocenters. The zero-order valence-corrected chi connectivity index (χ0v) is 16.5. The molecule has 0 bridgehead atoms. The number of amides is 2. The van der Waals surface area contributed by atoms with Crippen LogP contribution < -0.4 is 14.8 Å². The summed E-state index contributed by atoms with van der Waals surface area (Å²) in [5.41, 5.74) is 1.46. The standard InChI is InChI=1S/C20H23ClN2O4/c1-13-11-15(21)5-10-18(13)27-14(2)20(25)23(3)12-19(24)22-16-6-8-17(26-4)9-7-16/h5-11,14H,12H2,1-4H3,(H,22,24). The van der Waals surface area contributed by atoms with Crippen molar-refractivity contribution >= 4 is 29.1 Å². The van der Waals surface area contributed by atoms with Gasteiger partial charge in [-0.15, -0.1) is 0 Å². The van der Waals surface area contributed by atoms with Gasteiger partial charge in [-0.2, -0.15) is 0 Å². The van der Waals surface area contributed by atoms with Gasteiger partial charge in [-0.25, -0.2) is 0 Å². The van der Waals surface area contributed by atoms with Crippen LogP contribution in [0.15, 0.2) is 42.5 Å². The van der Waals surface area contributed by atoms with Crippen molar-refractivity contribution in [3.8, 4) is 11.5 Å². The Labute approximate surface area is 164 Å². The fraction of sp³-hybridized carbons (Fsp3) is 0.300. The molecular weight excluding hydrogens is 368 g/mol. The van der Waals surface area contributed by atoms with E-state index in [1.165, 1.54) is 4.90 Å². The summed E-state index contributed by atoms with van der Waals surface area (Å²) in [7, 11) is 3.13. The summed E-state index contributed by atoms with van der Waals surface area (Å²) >= 11 is 5.93. The van der Waals surface area contributed by atoms with Gasteiger partial charge in [-0.3, -0.25) is 9.59 Å². The molecule has 6 nitrogen and oxygen atoms in total. The van der Waals surface area contributed by atoms with E-state index in [1.807, 2.05) is 6.92 Å². The number of hydrogen-bond donors (Lipinski definition) is 1. The van der Waals surface area contributed by atoms with Gasteiger partial charge < -0.3 is 19.7 Å². The number of benzene rings is 2. The van der Waals surface area contributed by atoms with Crippen molar-refractivity contribution in [1.82, 2.24) is 4.90 Å². The van der Waals surface area contributed by atoms with Crippen molar-refractivity contribution in [1.29, 1.82) is 0 Å². The number of carbonyl (C=O) groups is 2. The summed E-state index contributed by atoms with van der Waals surface area (Å²) in [6.45, 7) is 3.41. The zero-order valence-electron chi connectivity index (χ0n) is 15.8. The average Bonchev–Trinajstić information content (AvgIpc) is 2.63. The molecule has 2 amide bonds. The van der Waals surface area contributed by atoms with Crippen molar-refractivity contribution in [2.24, 2.45) is 0 Å². The molecule has 0 fully saturated rings. The van der Waals surface area contributed by atoms with E-state index < -0.39 is 6.10 Å². The van der Waals surface area contributed by atoms with Crippen molar-refractivity contribution in [2.75, 3.05) is 26.0 Å². The summed E-state index contributed by atoms with van der Waals surface area (Å²) in [4.78, 5) is 26.0. The second-order valence-electron chi connectivity index (χ2n) is 6.14. The van der Waals surface area contributed by atoms with Crippen LogP contribution in [0.1, 0.15) is 12.5 Å². The Balaban J connectivity index is 1.90. The fourth-order valence-electron chi connectivity index (χ4n) is 2.46. The van der Waals surface area contributed by atoms with E-state index in [9.17, 15) is 9.59 Å². The van der Waals surface area contributed by atoms with E-state index in [1.54, 1.807) is 63.5 Å². The highest BCUT2D eigenvalue weighted by Crippen LogP contribution is 2.23. The Morgan fingerprint density at radius 2 is 1.85 bits per heavy atom. The first-order chi connectivity index (χ1) is 12.8. The molecule has 144 valence electrons. The maximum absolute atomic E-state index is 12.5. The van der Waals surface area contributed by atoms with Crippen LogP contribution in [0.5, 0.6) is 11.5 Å². The first kappa shape index (κ1) is 20.6. The van der Waals surface area contributed by atoms with Crippen LogP contribution in [0.3, 0.4) is 0 Å². The zero-order chi connectivity index (χ0) is 20.0. The van der Waals surface area contributed by atoms with E-state index in [0.29, 0.717) is 22.2 Å². The van der Waals surface area contributed by atoms with Crippen LogP contribution in [0.2, 0.25) is 5.02 Å². The first-order valence-corrected chi connectivity index (χ1v) is 8.79. The summed E-state index contributed by atoms with van der Waals surface area (Å²) in [5.74, 6) is 0.681. The SMILES string of the molecule is COc1ccc(NC(=O)CN(C)C(=O)C(C)Oc2ccc(Cl)cc2C)cc1. The van der Waals surface area contributed by atoms with Crippen LogP contribution in [0.4, 0.5) is 5.69 Å². The second-order valence-corrected chi connectivity index (χ2v) is 6.58. The Morgan fingerprint density at radius 1 is 1.19 bits per heavy atom. The Morgan fingerprint density at radius 3 is 2.44 bits per heavy atom. The van der Waals surface area contributed by atoms with Gasteiger partial charge in [0.15, 0.2) is 6.10 Å². The summed E-state index contributed by atoms with van der Waals surface area (Å²) in [6, 6.07) is 12.1. The molecule has 1 N–H and O–H groups in total. The number of anilines is 1. The lowest BCUT2D eigenvalue weighted by Gasteiger charge is -2.22. The predicted molar refractivity (Wildman–Crippen MR) is 106 cm³/mol. The molecule has 2 aromatic carbocycles. The Bertz CT molecular complexity index is 808. The van der Waals surface area contributed by atoms with Gasteiger partial charge in [0.2, 0.25) is 5.91 Å². The highest BCUT2D eigenvalue weighted by molar-refractivity contribution is 6.30. The number of hydrogen-bond acceptors (Lipinski definition) is 4. The molecule has 7 heteroatoms. The molecular formula is C20H23ClN2O4. The molecule has 0 heterocycles. The van der Waals surface area contributed by atoms with Crippen LogP contribution in [0.25, 0.3) is 0 Å². The highest BCUT2D eigenvalue weighted by Gasteiger charge is 2.21. The van der Waals surface area contributed by atoms with Gasteiger partial charge in [0.1, 0.15) is 11.5 Å². The molecule has 2 rings (SSSR count). The third-order valence-electron chi connectivity index (χ3n) is 3.92. The smallest absolute Gasteiger partial charge is 0.263 e. The molecule has 0 radical (unpaired) electrons. The number of nitrogens with zero attached hydrogens (tertiary/aromatic N) is 1. The van der Waals surface area contributed by atoms with E-state index >= 15 is 0 Å². The molecule has 2 aromatic rings. The predicted octanol–water partition coefficient (Wildman–Crippen LogP) is 3.52. The van der Waals surface area contributed by atoms with Gasteiger partial charge in [0, 0.05) is 17.8 Å². The van der Waals surface area contributed by atoms with E-state index in [4.69, 9.17) is 21.1 Å². The van der Waals surface area contributed by atoms with Gasteiger partial charge >= 0.3 is 0 Å². The van der Waals surface area contributed by atoms with E-state index in [0.717, 1.165) is 5.56 Å². The molecule has 0 saturated heterocycles. The molecule has 0 spiro atoms. The molecule has 0 aliphatic rings. The van der Waals surface area contributed by atoms with Crippen molar-refractivity contribution in [3.63, 3.8) is 0 Å². The first-order valence-electron chi connectivity index (χ1n) is 8.42. The molecule has 27 heavy (non-hydrogen) atoms. The maximum atomic E-state index is 12.5. The third-order valence-corrected chi connectivity index (χ3v) is 4.15. The number of aryl methyl sites for hydroxylation is 1. The number of likely N-dealkylation sites (N-methyl/N-ethyl adjacent to an activating group) is 1. The molecule has 1 atom stereocenters. The van der Waals surface area contributed by atoms with E-state index in [2.05, 4.69) is 5.32 Å². The summed E-state index contributed by atoms with van der Waals surface area (Å²) in [6.07, 6.45) is -0.733. The molecule has 0 aliphatic carbocycles. The summed E-state index contributed by atoms with van der Waals surface area (Å²) in [5, 5.41) is 3.34. The number of halogens is 1. The fourth-order valence-corrected chi connectivity index (χ4v) is 2.69. The van der Waals surface area contributed by atoms with Crippen LogP contribution in [0, 0.1) is 6.92 Å². The van der Waals surface area contributed by atoms with Crippen LogP contribution >= 0.6 is 11.6 Å². The minimum Gasteiger partial charge on any atom is -0.497 e.